The van der Waals surface area contributed by atoms with E-state index in [1.165, 1.54) is 6.92 Å². The maximum atomic E-state index is 10.8. The quantitative estimate of drug-likeness (QED) is 0.485. The van der Waals surface area contributed by atoms with E-state index >= 15 is 0 Å². The summed E-state index contributed by atoms with van der Waals surface area (Å²) in [6, 6.07) is 0. The van der Waals surface area contributed by atoms with E-state index in [-0.39, 0.29) is 5.78 Å². The molecule has 82 valence electrons. The van der Waals surface area contributed by atoms with E-state index in [2.05, 4.69) is 6.58 Å². The molecule has 0 fully saturated rings. The van der Waals surface area contributed by atoms with Crippen LogP contribution in [0.1, 0.15) is 41.5 Å². The Kier molecular flexibility index (Phi) is 23.7. The Morgan fingerprint density at radius 3 is 1.79 bits per heavy atom. The zero-order chi connectivity index (χ0) is 12.0. The van der Waals surface area contributed by atoms with Crippen LogP contribution in [0.2, 0.25) is 0 Å². The molecule has 0 rings (SSSR count). The number of carbonyl (C=O) groups is 1. The molecule has 0 radical (unpaired) electrons. The highest BCUT2D eigenvalue weighted by molar-refractivity contribution is 5.96. The zero-order valence-corrected chi connectivity index (χ0v) is 10.4. The van der Waals surface area contributed by atoms with Gasteiger partial charge in [0.15, 0.2) is 5.78 Å². The van der Waals surface area contributed by atoms with Crippen LogP contribution >= 0.6 is 0 Å². The number of carbonyl (C=O) groups excluding carboxylic acids is 1. The first-order chi connectivity index (χ1) is 6.72. The fourth-order valence-corrected chi connectivity index (χ4v) is 0.597. The van der Waals surface area contributed by atoms with E-state index in [4.69, 9.17) is 0 Å². The Bertz CT molecular complexity index is 185. The van der Waals surface area contributed by atoms with E-state index in [9.17, 15) is 4.79 Å². The Morgan fingerprint density at radius 2 is 1.57 bits per heavy atom. The predicted octanol–water partition coefficient (Wildman–Crippen LogP) is 4.32. The van der Waals surface area contributed by atoms with Gasteiger partial charge in [0.1, 0.15) is 0 Å². The van der Waals surface area contributed by atoms with Gasteiger partial charge in [-0.2, -0.15) is 0 Å². The number of hydrogen-bond acceptors (Lipinski definition) is 1. The van der Waals surface area contributed by atoms with Gasteiger partial charge in [0.25, 0.3) is 0 Å². The zero-order valence-electron chi connectivity index (χ0n) is 10.4. The molecule has 1 nitrogen and oxygen atoms in total. The Labute approximate surface area is 89.2 Å². The van der Waals surface area contributed by atoms with E-state index in [1.807, 2.05) is 40.7 Å². The number of rotatable bonds is 3. The fourth-order valence-electron chi connectivity index (χ4n) is 0.597. The summed E-state index contributed by atoms with van der Waals surface area (Å²) >= 11 is 0. The van der Waals surface area contributed by atoms with Crippen LogP contribution in [0.25, 0.3) is 0 Å². The fraction of sp³-hybridized carbons (Fsp3) is 0.462. The van der Waals surface area contributed by atoms with Crippen molar-refractivity contribution in [3.8, 4) is 0 Å². The summed E-state index contributed by atoms with van der Waals surface area (Å²) in [6.07, 6.45) is 6.90. The summed E-state index contributed by atoms with van der Waals surface area (Å²) in [5.74, 6) is 0.0676. The second-order valence-electron chi connectivity index (χ2n) is 1.91. The van der Waals surface area contributed by atoms with Gasteiger partial charge < -0.3 is 0 Å². The summed E-state index contributed by atoms with van der Waals surface area (Å²) in [5, 5.41) is 0. The third-order valence-electron chi connectivity index (χ3n) is 1.05. The lowest BCUT2D eigenvalue weighted by Gasteiger charge is -1.90. The van der Waals surface area contributed by atoms with Gasteiger partial charge in [-0.15, -0.1) is 0 Å². The van der Waals surface area contributed by atoms with Gasteiger partial charge in [-0.3, -0.25) is 4.79 Å². The van der Waals surface area contributed by atoms with Crippen LogP contribution in [-0.4, -0.2) is 5.78 Å². The van der Waals surface area contributed by atoms with Crippen LogP contribution in [0.4, 0.5) is 0 Å². The largest absolute Gasteiger partial charge is 0.295 e. The molecule has 0 unspecified atom stereocenters. The van der Waals surface area contributed by atoms with Gasteiger partial charge in [-0.05, 0) is 13.8 Å². The molecule has 0 aliphatic rings. The highest BCUT2D eigenvalue weighted by Crippen LogP contribution is 1.97. The minimum Gasteiger partial charge on any atom is -0.295 e. The number of allylic oxidation sites excluding steroid dienone is 5. The maximum absolute atomic E-state index is 10.8. The van der Waals surface area contributed by atoms with Crippen molar-refractivity contribution in [1.29, 1.82) is 0 Å². The topological polar surface area (TPSA) is 17.1 Å². The molecular formula is C13H24O. The smallest absolute Gasteiger partial charge is 0.159 e. The third kappa shape index (κ3) is 13.5. The van der Waals surface area contributed by atoms with Crippen molar-refractivity contribution in [1.82, 2.24) is 0 Å². The van der Waals surface area contributed by atoms with Crippen molar-refractivity contribution >= 4 is 5.78 Å². The lowest BCUT2D eigenvalue weighted by Crippen LogP contribution is -1.91. The molecule has 0 aromatic heterocycles. The molecular weight excluding hydrogens is 172 g/mol. The van der Waals surface area contributed by atoms with Crippen molar-refractivity contribution in [3.05, 3.63) is 36.5 Å². The Morgan fingerprint density at radius 1 is 1.14 bits per heavy atom. The SMILES string of the molecule is C=C/C=C(\C=C/C)C(C)=O.CC.CC. The molecule has 1 heteroatoms. The lowest BCUT2D eigenvalue weighted by molar-refractivity contribution is -0.113. The normalized spacial score (nSPS) is 9.43. The van der Waals surface area contributed by atoms with Gasteiger partial charge in [0.05, 0.1) is 0 Å². The predicted molar refractivity (Wildman–Crippen MR) is 66.5 cm³/mol. The Balaban J connectivity index is -0.000000266. The second kappa shape index (κ2) is 17.8. The summed E-state index contributed by atoms with van der Waals surface area (Å²) in [7, 11) is 0. The molecule has 14 heavy (non-hydrogen) atoms. The maximum Gasteiger partial charge on any atom is 0.159 e. The standard InChI is InChI=1S/C9H12O.2C2H6/c1-4-6-9(7-5-2)8(3)10;2*1-2/h4-7H,1H2,2-3H3;2*1-2H3/b7-5-,9-6+;;. The van der Waals surface area contributed by atoms with Crippen LogP contribution < -0.4 is 0 Å². The summed E-state index contributed by atoms with van der Waals surface area (Å²) in [5.41, 5.74) is 0.692. The highest BCUT2D eigenvalue weighted by Gasteiger charge is 1.94. The second-order valence-corrected chi connectivity index (χ2v) is 1.91. The molecule has 0 amide bonds. The van der Waals surface area contributed by atoms with Crippen LogP contribution in [0.15, 0.2) is 36.5 Å². The van der Waals surface area contributed by atoms with Gasteiger partial charge >= 0.3 is 0 Å². The van der Waals surface area contributed by atoms with E-state index in [0.717, 1.165) is 0 Å². The van der Waals surface area contributed by atoms with E-state index < -0.39 is 0 Å². The van der Waals surface area contributed by atoms with Crippen molar-refractivity contribution < 1.29 is 4.79 Å². The average molecular weight is 196 g/mol. The third-order valence-corrected chi connectivity index (χ3v) is 1.05. The highest BCUT2D eigenvalue weighted by atomic mass is 16.1. The van der Waals surface area contributed by atoms with Gasteiger partial charge in [-0.25, -0.2) is 0 Å². The molecule has 0 spiro atoms. The Hall–Kier alpha value is -1.11. The molecule has 0 saturated heterocycles. The summed E-state index contributed by atoms with van der Waals surface area (Å²) < 4.78 is 0. The number of hydrogen-bond donors (Lipinski definition) is 0. The van der Waals surface area contributed by atoms with E-state index in [1.54, 1.807) is 18.2 Å². The summed E-state index contributed by atoms with van der Waals surface area (Å²) in [4.78, 5) is 10.8. The molecule has 0 saturated carbocycles. The molecule has 0 aromatic carbocycles. The first kappa shape index (κ1) is 18.6. The molecule has 0 aromatic rings. The lowest BCUT2D eigenvalue weighted by atomic mass is 10.1. The minimum atomic E-state index is 0.0676. The van der Waals surface area contributed by atoms with Crippen LogP contribution in [-0.2, 0) is 4.79 Å². The number of ketones is 1. The van der Waals surface area contributed by atoms with Gasteiger partial charge in [0, 0.05) is 5.57 Å². The molecule has 0 aliphatic carbocycles. The molecule has 0 heterocycles. The molecule has 0 atom stereocenters. The number of Topliss-reactive ketones (excluding diaryl/α,β-unsaturated/α-hetero) is 1. The molecule has 0 N–H and O–H groups in total. The van der Waals surface area contributed by atoms with Crippen LogP contribution in [0.5, 0.6) is 0 Å². The van der Waals surface area contributed by atoms with Crippen LogP contribution in [0, 0.1) is 0 Å². The van der Waals surface area contributed by atoms with Crippen molar-refractivity contribution in [2.75, 3.05) is 0 Å². The van der Waals surface area contributed by atoms with Crippen molar-refractivity contribution in [3.63, 3.8) is 0 Å². The molecule has 0 aliphatic heterocycles. The first-order valence-electron chi connectivity index (χ1n) is 5.18. The monoisotopic (exact) mass is 196 g/mol. The van der Waals surface area contributed by atoms with Crippen molar-refractivity contribution in [2.45, 2.75) is 41.5 Å². The minimum absolute atomic E-state index is 0.0676. The van der Waals surface area contributed by atoms with E-state index in [0.29, 0.717) is 5.57 Å². The van der Waals surface area contributed by atoms with Gasteiger partial charge in [-0.1, -0.05) is 58.6 Å². The average Bonchev–Trinajstić information content (AvgIpc) is 2.23. The van der Waals surface area contributed by atoms with Crippen LogP contribution in [0.3, 0.4) is 0 Å². The first-order valence-corrected chi connectivity index (χ1v) is 5.18. The summed E-state index contributed by atoms with van der Waals surface area (Å²) in [6.45, 7) is 14.9. The van der Waals surface area contributed by atoms with Crippen molar-refractivity contribution in [2.24, 2.45) is 0 Å². The van der Waals surface area contributed by atoms with Gasteiger partial charge in [0.2, 0.25) is 0 Å². The molecule has 0 bridgehead atoms.